The number of benzene rings is 1. The zero-order chi connectivity index (χ0) is 22.0. The van der Waals surface area contributed by atoms with Crippen LogP contribution in [0.4, 0.5) is 10.1 Å². The Kier molecular flexibility index (Phi) is 6.38. The van der Waals surface area contributed by atoms with Crippen molar-refractivity contribution in [3.8, 4) is 0 Å². The number of hydrogen-bond acceptors (Lipinski definition) is 4. The molecule has 160 valence electrons. The maximum absolute atomic E-state index is 13.7. The molecule has 1 aromatic carbocycles. The Balaban J connectivity index is 1.85. The third-order valence-corrected chi connectivity index (χ3v) is 5.44. The van der Waals surface area contributed by atoms with Gasteiger partial charge < -0.3 is 20.7 Å². The van der Waals surface area contributed by atoms with Crippen molar-refractivity contribution in [2.24, 2.45) is 0 Å². The topological polar surface area (TPSA) is 97.5 Å². The van der Waals surface area contributed by atoms with Gasteiger partial charge in [-0.3, -0.25) is 14.5 Å². The van der Waals surface area contributed by atoms with Crippen molar-refractivity contribution < 1.29 is 19.1 Å². The van der Waals surface area contributed by atoms with Gasteiger partial charge in [0.25, 0.3) is 11.8 Å². The number of hydrogen-bond donors (Lipinski definition) is 4. The molecule has 8 heteroatoms. The average molecular weight is 414 g/mol. The van der Waals surface area contributed by atoms with Crippen LogP contribution in [-0.2, 0) is 4.79 Å². The van der Waals surface area contributed by atoms with E-state index in [0.717, 1.165) is 0 Å². The fourth-order valence-electron chi connectivity index (χ4n) is 3.75. The summed E-state index contributed by atoms with van der Waals surface area (Å²) in [5, 5.41) is 15.7. The SMILES string of the molecule is CCN(CC)C(O)CNC(=O)c1c(C)[nH]c(/C=C2\C(=O)Nc3ccc(F)cc32)c1C. The molecule has 0 saturated carbocycles. The van der Waals surface area contributed by atoms with E-state index < -0.39 is 12.0 Å². The van der Waals surface area contributed by atoms with Crippen LogP contribution in [0, 0.1) is 19.7 Å². The van der Waals surface area contributed by atoms with Crippen molar-refractivity contribution in [2.75, 3.05) is 25.0 Å². The fourth-order valence-corrected chi connectivity index (χ4v) is 3.75. The summed E-state index contributed by atoms with van der Waals surface area (Å²) in [5.41, 5.74) is 3.75. The van der Waals surface area contributed by atoms with E-state index in [4.69, 9.17) is 0 Å². The summed E-state index contributed by atoms with van der Waals surface area (Å²) in [5.74, 6) is -1.06. The van der Waals surface area contributed by atoms with Crippen molar-refractivity contribution in [1.29, 1.82) is 0 Å². The summed E-state index contributed by atoms with van der Waals surface area (Å²) >= 11 is 0. The molecule has 0 fully saturated rings. The van der Waals surface area contributed by atoms with Gasteiger partial charge in [-0.15, -0.1) is 0 Å². The van der Waals surface area contributed by atoms with E-state index in [1.54, 1.807) is 19.9 Å². The van der Waals surface area contributed by atoms with Crippen LogP contribution in [0.1, 0.15) is 46.7 Å². The predicted molar refractivity (Wildman–Crippen MR) is 114 cm³/mol. The molecule has 2 aromatic rings. The van der Waals surface area contributed by atoms with Crippen LogP contribution in [0.25, 0.3) is 11.6 Å². The summed E-state index contributed by atoms with van der Waals surface area (Å²) < 4.78 is 13.7. The third kappa shape index (κ3) is 4.15. The van der Waals surface area contributed by atoms with Crippen molar-refractivity contribution >= 4 is 29.2 Å². The molecule has 4 N–H and O–H groups in total. The Hall–Kier alpha value is -2.97. The molecule has 2 amide bonds. The highest BCUT2D eigenvalue weighted by Gasteiger charge is 2.26. The number of likely N-dealkylation sites (N-methyl/N-ethyl adjacent to an activating group) is 1. The minimum Gasteiger partial charge on any atom is -0.377 e. The van der Waals surface area contributed by atoms with Crippen molar-refractivity contribution in [3.05, 3.63) is 52.1 Å². The highest BCUT2D eigenvalue weighted by Crippen LogP contribution is 2.34. The zero-order valence-electron chi connectivity index (χ0n) is 17.6. The number of anilines is 1. The summed E-state index contributed by atoms with van der Waals surface area (Å²) in [6.07, 6.45) is 0.864. The second kappa shape index (κ2) is 8.81. The number of aliphatic hydroxyl groups excluding tert-OH is 1. The van der Waals surface area contributed by atoms with Gasteiger partial charge in [0, 0.05) is 22.6 Å². The van der Waals surface area contributed by atoms with Crippen LogP contribution in [0.15, 0.2) is 18.2 Å². The van der Waals surface area contributed by atoms with Gasteiger partial charge in [0.15, 0.2) is 0 Å². The van der Waals surface area contributed by atoms with Gasteiger partial charge in [0.05, 0.1) is 17.7 Å². The number of fused-ring (bicyclic) bond motifs is 1. The van der Waals surface area contributed by atoms with Gasteiger partial charge >= 0.3 is 0 Å². The first-order valence-corrected chi connectivity index (χ1v) is 9.99. The maximum atomic E-state index is 13.7. The number of carbonyl (C=O) groups excluding carboxylic acids is 2. The Morgan fingerprint density at radius 3 is 2.67 bits per heavy atom. The van der Waals surface area contributed by atoms with Gasteiger partial charge in [0.2, 0.25) is 0 Å². The second-order valence-corrected chi connectivity index (χ2v) is 7.28. The third-order valence-electron chi connectivity index (χ3n) is 5.44. The number of nitrogens with zero attached hydrogens (tertiary/aromatic N) is 1. The molecule has 30 heavy (non-hydrogen) atoms. The molecular formula is C22H27FN4O3. The minimum atomic E-state index is -0.765. The van der Waals surface area contributed by atoms with E-state index in [1.807, 2.05) is 18.7 Å². The highest BCUT2D eigenvalue weighted by atomic mass is 19.1. The van der Waals surface area contributed by atoms with Crippen molar-refractivity contribution in [1.82, 2.24) is 15.2 Å². The number of aromatic amines is 1. The van der Waals surface area contributed by atoms with Crippen LogP contribution < -0.4 is 10.6 Å². The predicted octanol–water partition coefficient (Wildman–Crippen LogP) is 2.65. The minimum absolute atomic E-state index is 0.107. The van der Waals surface area contributed by atoms with E-state index in [2.05, 4.69) is 15.6 Å². The first kappa shape index (κ1) is 21.7. The number of aromatic nitrogens is 1. The number of amides is 2. The van der Waals surface area contributed by atoms with E-state index >= 15 is 0 Å². The molecule has 0 bridgehead atoms. The summed E-state index contributed by atoms with van der Waals surface area (Å²) in [6.45, 7) is 8.90. The van der Waals surface area contributed by atoms with Gasteiger partial charge in [0.1, 0.15) is 12.0 Å². The molecule has 1 aromatic heterocycles. The monoisotopic (exact) mass is 414 g/mol. The molecule has 0 saturated heterocycles. The van der Waals surface area contributed by atoms with Gasteiger partial charge in [-0.2, -0.15) is 0 Å². The Morgan fingerprint density at radius 1 is 1.30 bits per heavy atom. The Morgan fingerprint density at radius 2 is 2.00 bits per heavy atom. The van der Waals surface area contributed by atoms with E-state index in [9.17, 15) is 19.1 Å². The summed E-state index contributed by atoms with van der Waals surface area (Å²) in [4.78, 5) is 30.1. The van der Waals surface area contributed by atoms with E-state index in [0.29, 0.717) is 52.4 Å². The number of nitrogens with one attached hydrogen (secondary N) is 3. The lowest BCUT2D eigenvalue weighted by atomic mass is 10.0. The molecule has 3 rings (SSSR count). The normalized spacial score (nSPS) is 15.4. The average Bonchev–Trinajstić information content (AvgIpc) is 3.16. The lowest BCUT2D eigenvalue weighted by Gasteiger charge is -2.25. The van der Waals surface area contributed by atoms with Crippen LogP contribution in [0.3, 0.4) is 0 Å². The van der Waals surface area contributed by atoms with Crippen LogP contribution >= 0.6 is 0 Å². The van der Waals surface area contributed by atoms with E-state index in [-0.39, 0.29) is 18.4 Å². The Labute approximate surface area is 175 Å². The smallest absolute Gasteiger partial charge is 0.256 e. The number of rotatable bonds is 7. The molecule has 0 spiro atoms. The summed E-state index contributed by atoms with van der Waals surface area (Å²) in [6, 6.07) is 4.13. The number of halogens is 1. The van der Waals surface area contributed by atoms with Gasteiger partial charge in [-0.05, 0) is 56.8 Å². The van der Waals surface area contributed by atoms with Crippen molar-refractivity contribution in [3.63, 3.8) is 0 Å². The first-order chi connectivity index (χ1) is 14.3. The molecule has 0 radical (unpaired) electrons. The van der Waals surface area contributed by atoms with Gasteiger partial charge in [-0.25, -0.2) is 4.39 Å². The molecule has 0 aliphatic carbocycles. The first-order valence-electron chi connectivity index (χ1n) is 9.99. The molecule has 1 aliphatic rings. The van der Waals surface area contributed by atoms with Crippen LogP contribution in [-0.4, -0.2) is 52.7 Å². The number of H-pyrrole nitrogens is 1. The lowest BCUT2D eigenvalue weighted by Crippen LogP contribution is -2.43. The van der Waals surface area contributed by atoms with Crippen LogP contribution in [0.2, 0.25) is 0 Å². The lowest BCUT2D eigenvalue weighted by molar-refractivity contribution is -0.110. The molecule has 2 heterocycles. The van der Waals surface area contributed by atoms with Crippen LogP contribution in [0.5, 0.6) is 0 Å². The number of aliphatic hydroxyl groups is 1. The molecule has 1 unspecified atom stereocenters. The quantitative estimate of drug-likeness (QED) is 0.414. The standard InChI is InChI=1S/C22H27FN4O3/c1-5-27(6-2)19(28)11-24-22(30)20-12(3)18(25-13(20)4)10-16-15-9-14(23)7-8-17(15)26-21(16)29/h7-10,19,25,28H,5-6,11H2,1-4H3,(H,24,30)(H,26,29)/b16-10-. The van der Waals surface area contributed by atoms with E-state index in [1.165, 1.54) is 18.2 Å². The summed E-state index contributed by atoms with van der Waals surface area (Å²) in [7, 11) is 0. The molecule has 1 aliphatic heterocycles. The maximum Gasteiger partial charge on any atom is 0.256 e. The van der Waals surface area contributed by atoms with Crippen molar-refractivity contribution in [2.45, 2.75) is 33.9 Å². The highest BCUT2D eigenvalue weighted by molar-refractivity contribution is 6.34. The molecule has 7 nitrogen and oxygen atoms in total. The second-order valence-electron chi connectivity index (χ2n) is 7.28. The fraction of sp³-hybridized carbons (Fsp3) is 0.364. The van der Waals surface area contributed by atoms with Gasteiger partial charge in [-0.1, -0.05) is 13.8 Å². The molecular weight excluding hydrogens is 387 g/mol. The Bertz CT molecular complexity index is 1010. The molecule has 1 atom stereocenters. The number of aryl methyl sites for hydroxylation is 1. The zero-order valence-corrected chi connectivity index (χ0v) is 17.6. The number of carbonyl (C=O) groups is 2. The largest absolute Gasteiger partial charge is 0.377 e.